The van der Waals surface area contributed by atoms with E-state index in [-0.39, 0.29) is 5.69 Å². The number of benzene rings is 1. The van der Waals surface area contributed by atoms with Gasteiger partial charge in [0.25, 0.3) is 5.69 Å². The fourth-order valence-electron chi connectivity index (χ4n) is 1.68. The summed E-state index contributed by atoms with van der Waals surface area (Å²) in [4.78, 5) is 22.2. The molecule has 1 atom stereocenters. The molecule has 0 fully saturated rings. The molecule has 1 unspecified atom stereocenters. The van der Waals surface area contributed by atoms with Crippen molar-refractivity contribution in [3.63, 3.8) is 0 Å². The molecular formula is C13H18N2O4S. The van der Waals surface area contributed by atoms with Crippen LogP contribution in [0.5, 0.6) is 0 Å². The average molecular weight is 298 g/mol. The van der Waals surface area contributed by atoms with E-state index in [0.717, 1.165) is 0 Å². The Bertz CT molecular complexity index is 495. The minimum absolute atomic E-state index is 0.0899. The molecule has 0 spiro atoms. The zero-order valence-electron chi connectivity index (χ0n) is 11.5. The van der Waals surface area contributed by atoms with Crippen molar-refractivity contribution >= 4 is 23.4 Å². The molecule has 0 saturated heterocycles. The Balaban J connectivity index is 2.54. The van der Waals surface area contributed by atoms with Gasteiger partial charge in [0.1, 0.15) is 5.54 Å². The van der Waals surface area contributed by atoms with Gasteiger partial charge in [0.05, 0.1) is 9.82 Å². The number of hydrogen-bond donors (Lipinski definition) is 2. The second kappa shape index (κ2) is 7.25. The van der Waals surface area contributed by atoms with Gasteiger partial charge >= 0.3 is 5.97 Å². The van der Waals surface area contributed by atoms with E-state index in [1.807, 2.05) is 0 Å². The lowest BCUT2D eigenvalue weighted by atomic mass is 9.97. The number of aliphatic carboxylic acids is 1. The predicted molar refractivity (Wildman–Crippen MR) is 78.2 cm³/mol. The van der Waals surface area contributed by atoms with Gasteiger partial charge in [-0.1, -0.05) is 12.1 Å². The first kappa shape index (κ1) is 16.5. The molecule has 0 saturated carbocycles. The third-order valence-corrected chi connectivity index (χ3v) is 4.31. The van der Waals surface area contributed by atoms with Gasteiger partial charge in [0.15, 0.2) is 0 Å². The van der Waals surface area contributed by atoms with Crippen molar-refractivity contribution in [3.8, 4) is 0 Å². The van der Waals surface area contributed by atoms with Crippen LogP contribution in [0.3, 0.4) is 0 Å². The van der Waals surface area contributed by atoms with Crippen molar-refractivity contribution in [1.82, 2.24) is 5.32 Å². The lowest BCUT2D eigenvalue weighted by Gasteiger charge is -2.23. The Morgan fingerprint density at radius 1 is 1.50 bits per heavy atom. The first-order valence-corrected chi connectivity index (χ1v) is 7.18. The molecule has 0 radical (unpaired) electrons. The smallest absolute Gasteiger partial charge is 0.323 e. The van der Waals surface area contributed by atoms with Crippen LogP contribution >= 0.6 is 11.8 Å². The van der Waals surface area contributed by atoms with E-state index in [4.69, 9.17) is 5.11 Å². The first-order chi connectivity index (χ1) is 9.40. The summed E-state index contributed by atoms with van der Waals surface area (Å²) < 4.78 is 0. The summed E-state index contributed by atoms with van der Waals surface area (Å²) in [5.41, 5.74) is -0.865. The van der Waals surface area contributed by atoms with Gasteiger partial charge in [-0.05, 0) is 38.6 Å². The van der Waals surface area contributed by atoms with Gasteiger partial charge in [0, 0.05) is 6.07 Å². The molecule has 0 aliphatic rings. The molecule has 7 heteroatoms. The molecule has 1 aromatic rings. The normalized spacial score (nSPS) is 13.7. The van der Waals surface area contributed by atoms with E-state index in [2.05, 4.69) is 5.32 Å². The molecule has 1 aromatic carbocycles. The minimum Gasteiger partial charge on any atom is -0.480 e. The van der Waals surface area contributed by atoms with Crippen LogP contribution in [0, 0.1) is 10.1 Å². The van der Waals surface area contributed by atoms with Gasteiger partial charge in [-0.2, -0.15) is 0 Å². The van der Waals surface area contributed by atoms with E-state index in [1.54, 1.807) is 32.2 Å². The maximum absolute atomic E-state index is 11.1. The zero-order valence-corrected chi connectivity index (χ0v) is 12.3. The van der Waals surface area contributed by atoms with Crippen LogP contribution in [-0.2, 0) is 4.79 Å². The summed E-state index contributed by atoms with van der Waals surface area (Å²) in [5.74, 6) is -0.259. The maximum atomic E-state index is 11.1. The molecule has 20 heavy (non-hydrogen) atoms. The monoisotopic (exact) mass is 298 g/mol. The van der Waals surface area contributed by atoms with Crippen LogP contribution in [0.25, 0.3) is 0 Å². The molecule has 2 N–H and O–H groups in total. The highest BCUT2D eigenvalue weighted by Gasteiger charge is 2.30. The van der Waals surface area contributed by atoms with Crippen LogP contribution in [0.1, 0.15) is 19.8 Å². The number of nitrogens with zero attached hydrogens (tertiary/aromatic N) is 1. The quantitative estimate of drug-likeness (QED) is 0.331. The summed E-state index contributed by atoms with van der Waals surface area (Å²) in [5, 5.41) is 22.8. The first-order valence-electron chi connectivity index (χ1n) is 6.19. The number of carbonyl (C=O) groups is 1. The Labute approximate surface area is 121 Å². The number of thioether (sulfide) groups is 1. The standard InChI is InChI=1S/C13H18N2O4S/c1-13(14-2,12(16)17)8-5-9-20-11-7-4-3-6-10(11)15(18)19/h3-4,6-7,14H,5,8-9H2,1-2H3,(H,16,17). The van der Waals surface area contributed by atoms with Crippen molar-refractivity contribution in [2.75, 3.05) is 12.8 Å². The summed E-state index contributed by atoms with van der Waals surface area (Å²) in [6, 6.07) is 6.56. The van der Waals surface area contributed by atoms with Crippen molar-refractivity contribution in [3.05, 3.63) is 34.4 Å². The fraction of sp³-hybridized carbons (Fsp3) is 0.462. The van der Waals surface area contributed by atoms with Gasteiger partial charge in [0.2, 0.25) is 0 Å². The summed E-state index contributed by atoms with van der Waals surface area (Å²) in [6.07, 6.45) is 1.12. The number of para-hydroxylation sites is 1. The Morgan fingerprint density at radius 3 is 2.70 bits per heavy atom. The number of nitro groups is 1. The van der Waals surface area contributed by atoms with Gasteiger partial charge < -0.3 is 10.4 Å². The topological polar surface area (TPSA) is 92.5 Å². The minimum atomic E-state index is -0.955. The summed E-state index contributed by atoms with van der Waals surface area (Å²) in [6.45, 7) is 1.63. The van der Waals surface area contributed by atoms with Crippen molar-refractivity contribution < 1.29 is 14.8 Å². The van der Waals surface area contributed by atoms with Gasteiger partial charge in [-0.25, -0.2) is 0 Å². The van der Waals surface area contributed by atoms with Crippen molar-refractivity contribution in [2.24, 2.45) is 0 Å². The average Bonchev–Trinajstić information content (AvgIpc) is 2.43. The largest absolute Gasteiger partial charge is 0.480 e. The van der Waals surface area contributed by atoms with E-state index < -0.39 is 16.4 Å². The highest BCUT2D eigenvalue weighted by molar-refractivity contribution is 7.99. The third-order valence-electron chi connectivity index (χ3n) is 3.16. The molecule has 0 aliphatic carbocycles. The molecule has 0 amide bonds. The van der Waals surface area contributed by atoms with Crippen LogP contribution in [0.4, 0.5) is 5.69 Å². The number of carboxylic acids is 1. The highest BCUT2D eigenvalue weighted by atomic mass is 32.2. The highest BCUT2D eigenvalue weighted by Crippen LogP contribution is 2.29. The molecule has 0 aromatic heterocycles. The molecule has 0 heterocycles. The van der Waals surface area contributed by atoms with E-state index in [9.17, 15) is 14.9 Å². The fourth-order valence-corrected chi connectivity index (χ4v) is 2.65. The predicted octanol–water partition coefficient (Wildman–Crippen LogP) is 2.53. The van der Waals surface area contributed by atoms with E-state index in [0.29, 0.717) is 23.5 Å². The SMILES string of the molecule is CNC(C)(CCCSc1ccccc1[N+](=O)[O-])C(=O)O. The van der Waals surface area contributed by atoms with E-state index in [1.165, 1.54) is 17.8 Å². The van der Waals surface area contributed by atoms with Gasteiger partial charge in [-0.15, -0.1) is 11.8 Å². The van der Waals surface area contributed by atoms with Crippen molar-refractivity contribution in [2.45, 2.75) is 30.2 Å². The summed E-state index contributed by atoms with van der Waals surface area (Å²) >= 11 is 1.38. The molecule has 6 nitrogen and oxygen atoms in total. The number of nitrogens with one attached hydrogen (secondary N) is 1. The van der Waals surface area contributed by atoms with Crippen LogP contribution < -0.4 is 5.32 Å². The molecule has 110 valence electrons. The summed E-state index contributed by atoms with van der Waals surface area (Å²) in [7, 11) is 1.61. The van der Waals surface area contributed by atoms with Gasteiger partial charge in [-0.3, -0.25) is 14.9 Å². The maximum Gasteiger partial charge on any atom is 0.323 e. The second-order valence-electron chi connectivity index (χ2n) is 4.56. The number of rotatable bonds is 8. The zero-order chi connectivity index (χ0) is 15.2. The van der Waals surface area contributed by atoms with Crippen LogP contribution in [0.2, 0.25) is 0 Å². The number of nitro benzene ring substituents is 1. The van der Waals surface area contributed by atoms with Crippen LogP contribution in [0.15, 0.2) is 29.2 Å². The second-order valence-corrected chi connectivity index (χ2v) is 5.70. The molecule has 0 aliphatic heterocycles. The molecular weight excluding hydrogens is 280 g/mol. The Morgan fingerprint density at radius 2 is 2.15 bits per heavy atom. The Hall–Kier alpha value is -1.60. The van der Waals surface area contributed by atoms with Crippen LogP contribution in [-0.4, -0.2) is 34.3 Å². The van der Waals surface area contributed by atoms with E-state index >= 15 is 0 Å². The molecule has 0 bridgehead atoms. The lowest BCUT2D eigenvalue weighted by molar-refractivity contribution is -0.387. The Kier molecular flexibility index (Phi) is 5.97. The third kappa shape index (κ3) is 4.21. The lowest BCUT2D eigenvalue weighted by Crippen LogP contribution is -2.47. The number of hydrogen-bond acceptors (Lipinski definition) is 5. The van der Waals surface area contributed by atoms with Crippen molar-refractivity contribution in [1.29, 1.82) is 0 Å². The number of likely N-dealkylation sites (N-methyl/N-ethyl adjacent to an activating group) is 1. The number of carboxylic acid groups (broad SMARTS) is 1. The molecule has 1 rings (SSSR count).